The van der Waals surface area contributed by atoms with Crippen molar-refractivity contribution in [2.24, 2.45) is 0 Å². The first-order valence-corrected chi connectivity index (χ1v) is 12.6. The number of nitrogens with zero attached hydrogens (tertiary/aromatic N) is 2. The number of hydrogen-bond donors (Lipinski definition) is 1. The summed E-state index contributed by atoms with van der Waals surface area (Å²) in [6.45, 7) is 4.06. The fraction of sp³-hybridized carbons (Fsp3) is 0.148. The molecule has 0 radical (unpaired) electrons. The van der Waals surface area contributed by atoms with Crippen molar-refractivity contribution in [1.82, 2.24) is 5.32 Å². The van der Waals surface area contributed by atoms with Crippen molar-refractivity contribution in [1.29, 1.82) is 0 Å². The van der Waals surface area contributed by atoms with Crippen molar-refractivity contribution in [3.63, 3.8) is 0 Å². The van der Waals surface area contributed by atoms with Gasteiger partial charge >= 0.3 is 6.03 Å². The Morgan fingerprint density at radius 3 is 2.47 bits per heavy atom. The molecule has 1 N–H and O–H groups in total. The van der Waals surface area contributed by atoms with Crippen molar-refractivity contribution < 1.29 is 28.8 Å². The molecule has 1 saturated heterocycles. The Labute approximate surface area is 231 Å². The summed E-state index contributed by atoms with van der Waals surface area (Å²) in [7, 11) is 0. The minimum Gasteiger partial charge on any atom is -0.490 e. The van der Waals surface area contributed by atoms with Crippen LogP contribution in [0.4, 0.5) is 16.2 Å². The second-order valence-electron chi connectivity index (χ2n) is 8.27. The second kappa shape index (κ2) is 11.4. The number of nitrogens with one attached hydrogen (secondary N) is 1. The summed E-state index contributed by atoms with van der Waals surface area (Å²) >= 11 is 2.04. The average molecular weight is 627 g/mol. The third-order valence-electron chi connectivity index (χ3n) is 5.54. The number of hydrogen-bond acceptors (Lipinski definition) is 7. The van der Waals surface area contributed by atoms with Crippen LogP contribution >= 0.6 is 22.6 Å². The van der Waals surface area contributed by atoms with E-state index in [-0.39, 0.29) is 17.9 Å². The van der Waals surface area contributed by atoms with Crippen LogP contribution in [0.5, 0.6) is 11.5 Å². The van der Waals surface area contributed by atoms with E-state index in [4.69, 9.17) is 9.47 Å². The first kappa shape index (κ1) is 26.8. The van der Waals surface area contributed by atoms with E-state index in [1.165, 1.54) is 18.2 Å². The lowest BCUT2D eigenvalue weighted by atomic mass is 10.1. The van der Waals surface area contributed by atoms with Gasteiger partial charge in [-0.1, -0.05) is 29.8 Å². The number of anilines is 1. The average Bonchev–Trinajstić information content (AvgIpc) is 2.87. The quantitative estimate of drug-likeness (QED) is 0.120. The zero-order valence-corrected chi connectivity index (χ0v) is 22.6. The predicted molar refractivity (Wildman–Crippen MR) is 148 cm³/mol. The summed E-state index contributed by atoms with van der Waals surface area (Å²) in [5, 5.41) is 13.3. The zero-order chi connectivity index (χ0) is 27.4. The first-order valence-electron chi connectivity index (χ1n) is 11.5. The van der Waals surface area contributed by atoms with Crippen molar-refractivity contribution in [3.05, 3.63) is 96.6 Å². The molecule has 1 aliphatic rings. The molecule has 1 fully saturated rings. The topological polar surface area (TPSA) is 128 Å². The van der Waals surface area contributed by atoms with Gasteiger partial charge in [-0.15, -0.1) is 0 Å². The highest BCUT2D eigenvalue weighted by atomic mass is 127. The molecule has 0 bridgehead atoms. The van der Waals surface area contributed by atoms with Crippen LogP contribution in [0.2, 0.25) is 0 Å². The number of carbonyl (C=O) groups excluding carboxylic acids is 3. The summed E-state index contributed by atoms with van der Waals surface area (Å²) in [5.74, 6) is -0.771. The van der Waals surface area contributed by atoms with E-state index >= 15 is 0 Å². The molecule has 0 spiro atoms. The van der Waals surface area contributed by atoms with E-state index in [0.717, 1.165) is 10.5 Å². The highest BCUT2D eigenvalue weighted by Gasteiger charge is 2.36. The molecule has 4 amide bonds. The fourth-order valence-electron chi connectivity index (χ4n) is 3.74. The Bertz CT molecular complexity index is 1470. The number of non-ortho nitro benzene ring substituents is 1. The molecule has 11 heteroatoms. The summed E-state index contributed by atoms with van der Waals surface area (Å²) in [4.78, 5) is 49.8. The predicted octanol–water partition coefficient (Wildman–Crippen LogP) is 5.15. The Hall–Kier alpha value is -4.26. The third-order valence-corrected chi connectivity index (χ3v) is 6.34. The number of halogens is 1. The molecule has 0 saturated carbocycles. The molecular weight excluding hydrogens is 605 g/mol. The second-order valence-corrected chi connectivity index (χ2v) is 9.43. The van der Waals surface area contributed by atoms with E-state index in [1.807, 2.05) is 29.5 Å². The number of carbonyl (C=O) groups is 3. The summed E-state index contributed by atoms with van der Waals surface area (Å²) in [6.07, 6.45) is 1.39. The van der Waals surface area contributed by atoms with Gasteiger partial charge in [0.1, 0.15) is 12.2 Å². The van der Waals surface area contributed by atoms with Crippen LogP contribution in [0, 0.1) is 20.6 Å². The minimum atomic E-state index is -0.824. The number of amides is 4. The SMILES string of the molecule is CCOc1cc(/C=C2\C(=O)NC(=O)N(c3ccc(C)cc3)C2=O)cc(I)c1OCc1cccc([N+](=O)[O-])c1. The van der Waals surface area contributed by atoms with Crippen LogP contribution in [-0.2, 0) is 16.2 Å². The lowest BCUT2D eigenvalue weighted by Gasteiger charge is -2.26. The molecule has 194 valence electrons. The maximum atomic E-state index is 13.2. The van der Waals surface area contributed by atoms with Gasteiger partial charge in [0.25, 0.3) is 17.5 Å². The standard InChI is InChI=1S/C27H22IN3O7/c1-3-37-23-14-18(13-22(28)24(23)38-15-17-5-4-6-20(11-17)31(35)36)12-21-25(32)29-27(34)30(26(21)33)19-9-7-16(2)8-10-19/h4-14H,3,15H2,1-2H3,(H,29,32,34)/b21-12+. The van der Waals surface area contributed by atoms with Crippen molar-refractivity contribution in [3.8, 4) is 11.5 Å². The normalized spacial score (nSPS) is 14.4. The maximum Gasteiger partial charge on any atom is 0.335 e. The monoisotopic (exact) mass is 627 g/mol. The van der Waals surface area contributed by atoms with Crippen LogP contribution in [-0.4, -0.2) is 29.4 Å². The van der Waals surface area contributed by atoms with Gasteiger partial charge in [0.05, 0.1) is 20.8 Å². The number of nitro groups is 1. The van der Waals surface area contributed by atoms with E-state index in [9.17, 15) is 24.5 Å². The van der Waals surface area contributed by atoms with Gasteiger partial charge in [-0.2, -0.15) is 0 Å². The van der Waals surface area contributed by atoms with E-state index in [2.05, 4.69) is 5.32 Å². The van der Waals surface area contributed by atoms with Gasteiger partial charge in [0, 0.05) is 12.1 Å². The molecule has 0 unspecified atom stereocenters. The Morgan fingerprint density at radius 1 is 1.05 bits per heavy atom. The number of imide groups is 2. The molecule has 0 atom stereocenters. The molecule has 0 aliphatic carbocycles. The van der Waals surface area contributed by atoms with Gasteiger partial charge in [-0.05, 0) is 77.9 Å². The molecule has 10 nitrogen and oxygen atoms in total. The van der Waals surface area contributed by atoms with E-state index in [1.54, 1.807) is 55.5 Å². The van der Waals surface area contributed by atoms with Gasteiger partial charge in [-0.25, -0.2) is 9.69 Å². The fourth-order valence-corrected chi connectivity index (χ4v) is 4.52. The minimum absolute atomic E-state index is 0.0404. The Kier molecular flexibility index (Phi) is 8.05. The van der Waals surface area contributed by atoms with E-state index in [0.29, 0.717) is 38.5 Å². The highest BCUT2D eigenvalue weighted by Crippen LogP contribution is 2.36. The van der Waals surface area contributed by atoms with Gasteiger partial charge in [0.2, 0.25) is 0 Å². The lowest BCUT2D eigenvalue weighted by Crippen LogP contribution is -2.54. The van der Waals surface area contributed by atoms with Crippen LogP contribution in [0.1, 0.15) is 23.6 Å². The molecular formula is C27H22IN3O7. The molecule has 3 aromatic rings. The summed E-state index contributed by atoms with van der Waals surface area (Å²) in [5.41, 5.74) is 2.13. The number of barbiturate groups is 1. The van der Waals surface area contributed by atoms with Crippen molar-refractivity contribution in [2.75, 3.05) is 11.5 Å². The number of rotatable bonds is 8. The third kappa shape index (κ3) is 5.83. The number of aryl methyl sites for hydroxylation is 1. The van der Waals surface area contributed by atoms with Crippen LogP contribution in [0.3, 0.4) is 0 Å². The smallest absolute Gasteiger partial charge is 0.335 e. The van der Waals surface area contributed by atoms with Crippen LogP contribution in [0.15, 0.2) is 66.2 Å². The molecule has 4 rings (SSSR count). The number of urea groups is 1. The Balaban J connectivity index is 1.64. The van der Waals surface area contributed by atoms with Crippen LogP contribution in [0.25, 0.3) is 6.08 Å². The first-order chi connectivity index (χ1) is 18.2. The highest BCUT2D eigenvalue weighted by molar-refractivity contribution is 14.1. The molecule has 0 aromatic heterocycles. The molecule has 38 heavy (non-hydrogen) atoms. The molecule has 1 aliphatic heterocycles. The van der Waals surface area contributed by atoms with Gasteiger partial charge in [-0.3, -0.25) is 25.0 Å². The Morgan fingerprint density at radius 2 is 1.79 bits per heavy atom. The van der Waals surface area contributed by atoms with Gasteiger partial charge in [0.15, 0.2) is 11.5 Å². The van der Waals surface area contributed by atoms with Gasteiger partial charge < -0.3 is 9.47 Å². The number of benzene rings is 3. The molecule has 1 heterocycles. The van der Waals surface area contributed by atoms with Crippen molar-refractivity contribution in [2.45, 2.75) is 20.5 Å². The van der Waals surface area contributed by atoms with E-state index < -0.39 is 22.8 Å². The lowest BCUT2D eigenvalue weighted by molar-refractivity contribution is -0.384. The molecule has 3 aromatic carbocycles. The van der Waals surface area contributed by atoms with Crippen LogP contribution < -0.4 is 19.7 Å². The summed E-state index contributed by atoms with van der Waals surface area (Å²) in [6, 6.07) is 15.4. The largest absolute Gasteiger partial charge is 0.490 e. The maximum absolute atomic E-state index is 13.2. The zero-order valence-electron chi connectivity index (χ0n) is 20.4. The van der Waals surface area contributed by atoms with Crippen molar-refractivity contribution >= 4 is 57.9 Å². The number of nitro benzene ring substituents is 1. The summed E-state index contributed by atoms with van der Waals surface area (Å²) < 4.78 is 12.3. The number of ether oxygens (including phenoxy) is 2.